The van der Waals surface area contributed by atoms with Crippen molar-refractivity contribution in [3.05, 3.63) is 42.7 Å². The summed E-state index contributed by atoms with van der Waals surface area (Å²) >= 11 is 0. The quantitative estimate of drug-likeness (QED) is 0.182. The summed E-state index contributed by atoms with van der Waals surface area (Å²) in [5.41, 5.74) is 1.27. The molecule has 0 unspecified atom stereocenters. The van der Waals surface area contributed by atoms with Gasteiger partial charge in [0.2, 0.25) is 0 Å². The highest BCUT2D eigenvalue weighted by molar-refractivity contribution is 5.52. The van der Waals surface area contributed by atoms with Crippen LogP contribution in [0.15, 0.2) is 42.7 Å². The predicted molar refractivity (Wildman–Crippen MR) is 127 cm³/mol. The number of aryl methyl sites for hydroxylation is 1. The van der Waals surface area contributed by atoms with Crippen molar-refractivity contribution >= 4 is 0 Å². The van der Waals surface area contributed by atoms with Crippen molar-refractivity contribution in [2.24, 2.45) is 0 Å². The minimum absolute atomic E-state index is 0.638. The summed E-state index contributed by atoms with van der Waals surface area (Å²) in [6.45, 7) is 7.09. The number of unbranched alkanes of at least 4 members (excludes halogenated alkanes) is 11. The lowest BCUT2D eigenvalue weighted by molar-refractivity contribution is -0.722. The topological polar surface area (TPSA) is 18.0 Å². The number of hydrogen-bond donors (Lipinski definition) is 0. The van der Waals surface area contributed by atoms with Gasteiger partial charge in [-0.2, -0.15) is 0 Å². The lowest BCUT2D eigenvalue weighted by Crippen LogP contribution is -2.36. The van der Waals surface area contributed by atoms with Crippen molar-refractivity contribution in [3.63, 3.8) is 0 Å². The van der Waals surface area contributed by atoms with Crippen LogP contribution < -0.4 is 4.57 Å². The second kappa shape index (κ2) is 16.1. The largest absolute Gasteiger partial charge is 0.342 e. The molecular formula is C27H45N2O+. The van der Waals surface area contributed by atoms with Gasteiger partial charge in [0.05, 0.1) is 18.7 Å². The first-order valence-corrected chi connectivity index (χ1v) is 12.6. The molecule has 2 rings (SSSR count). The molecule has 0 spiro atoms. The zero-order chi connectivity index (χ0) is 21.3. The average molecular weight is 414 g/mol. The van der Waals surface area contributed by atoms with Gasteiger partial charge in [-0.1, -0.05) is 96.3 Å². The second-order valence-corrected chi connectivity index (χ2v) is 8.58. The van der Waals surface area contributed by atoms with Gasteiger partial charge in [-0.25, -0.2) is 9.13 Å². The van der Waals surface area contributed by atoms with E-state index in [2.05, 4.69) is 65.7 Å². The third-order valence-electron chi connectivity index (χ3n) is 5.88. The van der Waals surface area contributed by atoms with Crippen molar-refractivity contribution in [1.29, 1.82) is 0 Å². The van der Waals surface area contributed by atoms with E-state index in [-0.39, 0.29) is 0 Å². The third kappa shape index (κ3) is 9.47. The normalized spacial score (nSPS) is 11.3. The molecule has 0 amide bonds. The molecule has 0 fully saturated rings. The third-order valence-corrected chi connectivity index (χ3v) is 5.88. The summed E-state index contributed by atoms with van der Waals surface area (Å²) in [5, 5.41) is 0. The highest BCUT2D eigenvalue weighted by atomic mass is 16.5. The molecule has 3 nitrogen and oxygen atoms in total. The van der Waals surface area contributed by atoms with Gasteiger partial charge in [-0.3, -0.25) is 0 Å². The number of hydrogen-bond acceptors (Lipinski definition) is 1. The smallest absolute Gasteiger partial charge is 0.290 e. The van der Waals surface area contributed by atoms with E-state index in [1.165, 1.54) is 88.4 Å². The van der Waals surface area contributed by atoms with Gasteiger partial charge in [-0.05, 0) is 31.4 Å². The lowest BCUT2D eigenvalue weighted by Gasteiger charge is -2.07. The first kappa shape index (κ1) is 24.7. The summed E-state index contributed by atoms with van der Waals surface area (Å²) in [5.74, 6) is 1.27. The summed E-state index contributed by atoms with van der Waals surface area (Å²) in [6, 6.07) is 10.7. The molecule has 0 aliphatic rings. The van der Waals surface area contributed by atoms with E-state index in [0.29, 0.717) is 6.73 Å². The zero-order valence-electron chi connectivity index (χ0n) is 19.7. The molecule has 1 heterocycles. The molecule has 0 aliphatic heterocycles. The maximum Gasteiger partial charge on any atom is 0.290 e. The number of rotatable bonds is 18. The molecule has 0 saturated heterocycles. The van der Waals surface area contributed by atoms with Crippen LogP contribution in [0.5, 0.6) is 0 Å². The fourth-order valence-electron chi connectivity index (χ4n) is 4.06. The minimum Gasteiger partial charge on any atom is -0.342 e. The van der Waals surface area contributed by atoms with E-state index in [9.17, 15) is 0 Å². The van der Waals surface area contributed by atoms with Crippen LogP contribution in [0.25, 0.3) is 11.4 Å². The Bertz CT molecular complexity index is 650. The van der Waals surface area contributed by atoms with Crippen LogP contribution in [0.3, 0.4) is 0 Å². The molecule has 0 saturated carbocycles. The van der Waals surface area contributed by atoms with E-state index in [1.807, 2.05) is 0 Å². The van der Waals surface area contributed by atoms with Gasteiger partial charge in [0.15, 0.2) is 6.73 Å². The molecule has 1 aromatic carbocycles. The number of imidazole rings is 1. The number of nitrogens with zero attached hydrogens (tertiary/aromatic N) is 2. The van der Waals surface area contributed by atoms with Gasteiger partial charge >= 0.3 is 0 Å². The maximum absolute atomic E-state index is 5.95. The molecule has 0 radical (unpaired) electrons. The number of ether oxygens (including phenoxy) is 1. The Hall–Kier alpha value is -1.61. The standard InChI is InChI=1S/C27H45N2O/c1-3-5-7-8-9-10-11-12-13-17-21-28-22-23-29(25-30-24-18-6-4-2)27(28)26-19-15-14-16-20-26/h14-16,19-20,22-23H,3-13,17-18,21,24-25H2,1-2H3/q+1. The molecule has 2 aromatic rings. The van der Waals surface area contributed by atoms with E-state index < -0.39 is 0 Å². The molecule has 0 atom stereocenters. The fraction of sp³-hybridized carbons (Fsp3) is 0.667. The first-order valence-electron chi connectivity index (χ1n) is 12.6. The van der Waals surface area contributed by atoms with Crippen LogP contribution in [-0.2, 0) is 18.0 Å². The van der Waals surface area contributed by atoms with Crippen LogP contribution >= 0.6 is 0 Å². The van der Waals surface area contributed by atoms with Gasteiger partial charge in [-0.15, -0.1) is 0 Å². The summed E-state index contributed by atoms with van der Waals surface area (Å²) in [4.78, 5) is 0. The predicted octanol–water partition coefficient (Wildman–Crippen LogP) is 7.53. The van der Waals surface area contributed by atoms with Crippen LogP contribution in [0, 0.1) is 0 Å². The summed E-state index contributed by atoms with van der Waals surface area (Å²) in [6.07, 6.45) is 21.8. The molecular weight excluding hydrogens is 368 g/mol. The molecule has 3 heteroatoms. The second-order valence-electron chi connectivity index (χ2n) is 8.58. The van der Waals surface area contributed by atoms with Crippen molar-refractivity contribution < 1.29 is 9.30 Å². The Morgan fingerprint density at radius 2 is 1.33 bits per heavy atom. The first-order chi connectivity index (χ1) is 14.9. The Balaban J connectivity index is 1.78. The Labute approximate surface area is 185 Å². The van der Waals surface area contributed by atoms with Crippen molar-refractivity contribution in [3.8, 4) is 11.4 Å². The van der Waals surface area contributed by atoms with Crippen molar-refractivity contribution in [2.45, 2.75) is 111 Å². The highest BCUT2D eigenvalue weighted by Gasteiger charge is 2.19. The molecule has 168 valence electrons. The summed E-state index contributed by atoms with van der Waals surface area (Å²) in [7, 11) is 0. The van der Waals surface area contributed by atoms with E-state index in [0.717, 1.165) is 19.6 Å². The molecule has 1 aromatic heterocycles. The molecule has 0 bridgehead atoms. The van der Waals surface area contributed by atoms with Crippen LogP contribution in [-0.4, -0.2) is 11.2 Å². The van der Waals surface area contributed by atoms with Crippen molar-refractivity contribution in [1.82, 2.24) is 4.57 Å². The maximum atomic E-state index is 5.95. The van der Waals surface area contributed by atoms with Crippen LogP contribution in [0.4, 0.5) is 0 Å². The Morgan fingerprint density at radius 3 is 2.00 bits per heavy atom. The molecule has 0 N–H and O–H groups in total. The van der Waals surface area contributed by atoms with Gasteiger partial charge in [0.25, 0.3) is 5.82 Å². The van der Waals surface area contributed by atoms with E-state index >= 15 is 0 Å². The van der Waals surface area contributed by atoms with Crippen LogP contribution in [0.1, 0.15) is 97.3 Å². The van der Waals surface area contributed by atoms with E-state index in [1.54, 1.807) is 0 Å². The number of benzene rings is 1. The number of aromatic nitrogens is 2. The minimum atomic E-state index is 0.638. The van der Waals surface area contributed by atoms with Crippen molar-refractivity contribution in [2.75, 3.05) is 6.61 Å². The average Bonchev–Trinajstić information content (AvgIpc) is 3.18. The summed E-state index contributed by atoms with van der Waals surface area (Å²) < 4.78 is 10.6. The SMILES string of the molecule is CCCCCCCCCCCCn1cc[n+](COCCCCC)c1-c1ccccc1. The Morgan fingerprint density at radius 1 is 0.733 bits per heavy atom. The van der Waals surface area contributed by atoms with E-state index in [4.69, 9.17) is 4.74 Å². The van der Waals surface area contributed by atoms with Gasteiger partial charge in [0, 0.05) is 0 Å². The molecule has 30 heavy (non-hydrogen) atoms. The van der Waals surface area contributed by atoms with Gasteiger partial charge < -0.3 is 4.74 Å². The van der Waals surface area contributed by atoms with Crippen LogP contribution in [0.2, 0.25) is 0 Å². The van der Waals surface area contributed by atoms with Gasteiger partial charge in [0.1, 0.15) is 12.4 Å². The molecule has 0 aliphatic carbocycles. The lowest BCUT2D eigenvalue weighted by atomic mass is 10.1. The zero-order valence-corrected chi connectivity index (χ0v) is 19.7. The fourth-order valence-corrected chi connectivity index (χ4v) is 4.06. The highest BCUT2D eigenvalue weighted by Crippen LogP contribution is 2.17. The monoisotopic (exact) mass is 413 g/mol. The Kier molecular flexibility index (Phi) is 13.3.